The van der Waals surface area contributed by atoms with Gasteiger partial charge in [0.2, 0.25) is 12.2 Å². The monoisotopic (exact) mass is 351 g/mol. The van der Waals surface area contributed by atoms with Gasteiger partial charge in [-0.15, -0.1) is 0 Å². The lowest BCUT2D eigenvalue weighted by Gasteiger charge is -2.49. The van der Waals surface area contributed by atoms with Crippen molar-refractivity contribution in [2.24, 2.45) is 0 Å². The van der Waals surface area contributed by atoms with E-state index in [1.807, 2.05) is 31.2 Å². The second-order valence-electron chi connectivity index (χ2n) is 6.94. The number of benzene rings is 1. The first kappa shape index (κ1) is 18.1. The predicted octanol–water partition coefficient (Wildman–Crippen LogP) is 1.12. The van der Waals surface area contributed by atoms with Gasteiger partial charge in [-0.3, -0.25) is 4.79 Å². The van der Waals surface area contributed by atoms with Gasteiger partial charge in [-0.05, 0) is 32.4 Å². The topological polar surface area (TPSA) is 86.3 Å². The predicted molar refractivity (Wildman–Crippen MR) is 89.0 cm³/mol. The molecule has 25 heavy (non-hydrogen) atoms. The summed E-state index contributed by atoms with van der Waals surface area (Å²) in [5.74, 6) is -0.474. The van der Waals surface area contributed by atoms with Gasteiger partial charge in [-0.1, -0.05) is 18.2 Å². The van der Waals surface area contributed by atoms with Gasteiger partial charge in [0.05, 0.1) is 6.61 Å². The second-order valence-corrected chi connectivity index (χ2v) is 6.94. The lowest BCUT2D eigenvalue weighted by molar-refractivity contribution is -0.361. The molecule has 138 valence electrons. The highest BCUT2D eigenvalue weighted by molar-refractivity contribution is 5.73. The lowest BCUT2D eigenvalue weighted by atomic mass is 9.95. The van der Waals surface area contributed by atoms with E-state index >= 15 is 0 Å². The van der Waals surface area contributed by atoms with Crippen molar-refractivity contribution in [1.82, 2.24) is 5.32 Å². The first-order chi connectivity index (χ1) is 11.8. The fraction of sp³-hybridized carbons (Fsp3) is 0.611. The van der Waals surface area contributed by atoms with Gasteiger partial charge in [0.1, 0.15) is 30.1 Å². The number of ether oxygens (including phenoxy) is 4. The van der Waals surface area contributed by atoms with Crippen molar-refractivity contribution >= 4 is 5.91 Å². The van der Waals surface area contributed by atoms with Crippen molar-refractivity contribution < 1.29 is 28.8 Å². The normalized spacial score (nSPS) is 34.0. The van der Waals surface area contributed by atoms with E-state index in [1.54, 1.807) is 13.8 Å². The minimum absolute atomic E-state index is 0.273. The van der Waals surface area contributed by atoms with Crippen LogP contribution in [0.1, 0.15) is 26.3 Å². The summed E-state index contributed by atoms with van der Waals surface area (Å²) < 4.78 is 23.4. The Hall–Kier alpha value is -1.67. The first-order valence-electron chi connectivity index (χ1n) is 8.41. The molecule has 2 N–H and O–H groups in total. The van der Waals surface area contributed by atoms with Crippen LogP contribution in [0.5, 0.6) is 5.75 Å². The third-order valence-corrected chi connectivity index (χ3v) is 4.39. The van der Waals surface area contributed by atoms with Crippen LogP contribution in [-0.4, -0.2) is 54.1 Å². The van der Waals surface area contributed by atoms with Gasteiger partial charge in [0.25, 0.3) is 0 Å². The van der Waals surface area contributed by atoms with Crippen molar-refractivity contribution in [3.63, 3.8) is 0 Å². The van der Waals surface area contributed by atoms with E-state index in [0.717, 1.165) is 5.56 Å². The van der Waals surface area contributed by atoms with Gasteiger partial charge >= 0.3 is 0 Å². The van der Waals surface area contributed by atoms with Gasteiger partial charge in [-0.2, -0.15) is 0 Å². The van der Waals surface area contributed by atoms with Crippen LogP contribution in [0.15, 0.2) is 24.3 Å². The molecule has 7 heteroatoms. The Bertz CT molecular complexity index is 634. The summed E-state index contributed by atoms with van der Waals surface area (Å²) in [7, 11) is 0. The molecule has 3 rings (SSSR count). The average molecular weight is 351 g/mol. The number of fused-ring (bicyclic) bond motifs is 1. The molecule has 1 aromatic carbocycles. The molecule has 0 spiro atoms. The van der Waals surface area contributed by atoms with E-state index in [-0.39, 0.29) is 12.5 Å². The van der Waals surface area contributed by atoms with E-state index in [9.17, 15) is 9.90 Å². The summed E-state index contributed by atoms with van der Waals surface area (Å²) in [6.07, 6.45) is -2.94. The number of aliphatic hydroxyl groups excluding tert-OH is 1. The number of carbonyl (C=O) groups excluding carboxylic acids is 1. The Labute approximate surface area is 147 Å². The number of para-hydroxylation sites is 1. The fourth-order valence-electron chi connectivity index (χ4n) is 3.15. The Kier molecular flexibility index (Phi) is 5.02. The SMILES string of the molecule is CC(=O)N[C@@H]1[C@H](Oc2ccccc2C)O[C@@H]2COC(C)(C)O[C@@H]2[C@H]1O. The van der Waals surface area contributed by atoms with Crippen LogP contribution in [0.4, 0.5) is 0 Å². The van der Waals surface area contributed by atoms with Crippen LogP contribution in [0.3, 0.4) is 0 Å². The summed E-state index contributed by atoms with van der Waals surface area (Å²) in [6.45, 7) is 7.13. The smallest absolute Gasteiger partial charge is 0.223 e. The minimum Gasteiger partial charge on any atom is -0.462 e. The minimum atomic E-state index is -0.986. The quantitative estimate of drug-likeness (QED) is 0.849. The molecule has 2 aliphatic heterocycles. The molecule has 0 aromatic heterocycles. The van der Waals surface area contributed by atoms with Crippen molar-refractivity contribution in [1.29, 1.82) is 0 Å². The maximum Gasteiger partial charge on any atom is 0.223 e. The van der Waals surface area contributed by atoms with Crippen LogP contribution >= 0.6 is 0 Å². The van der Waals surface area contributed by atoms with Gasteiger partial charge in [0, 0.05) is 6.92 Å². The Morgan fingerprint density at radius 2 is 2.08 bits per heavy atom. The van der Waals surface area contributed by atoms with Crippen LogP contribution in [0, 0.1) is 6.92 Å². The summed E-state index contributed by atoms with van der Waals surface area (Å²) in [5.41, 5.74) is 0.932. The molecule has 1 amide bonds. The fourth-order valence-corrected chi connectivity index (χ4v) is 3.15. The largest absolute Gasteiger partial charge is 0.462 e. The number of carbonyl (C=O) groups is 1. The maximum atomic E-state index is 11.6. The number of hydrogen-bond acceptors (Lipinski definition) is 6. The number of hydrogen-bond donors (Lipinski definition) is 2. The van der Waals surface area contributed by atoms with Crippen LogP contribution in [-0.2, 0) is 19.0 Å². The summed E-state index contributed by atoms with van der Waals surface area (Å²) in [6, 6.07) is 6.74. The van der Waals surface area contributed by atoms with Crippen LogP contribution in [0.2, 0.25) is 0 Å². The Balaban J connectivity index is 1.83. The third-order valence-electron chi connectivity index (χ3n) is 4.39. The summed E-state index contributed by atoms with van der Waals surface area (Å²) >= 11 is 0. The molecule has 2 saturated heterocycles. The second kappa shape index (κ2) is 6.92. The summed E-state index contributed by atoms with van der Waals surface area (Å²) in [4.78, 5) is 11.6. The molecule has 2 fully saturated rings. The van der Waals surface area contributed by atoms with Crippen molar-refractivity contribution in [3.8, 4) is 5.75 Å². The van der Waals surface area contributed by atoms with E-state index < -0.39 is 36.4 Å². The van der Waals surface area contributed by atoms with Gasteiger partial charge in [0.15, 0.2) is 5.79 Å². The molecule has 2 aliphatic rings. The first-order valence-corrected chi connectivity index (χ1v) is 8.41. The molecule has 0 unspecified atom stereocenters. The zero-order valence-corrected chi connectivity index (χ0v) is 14.9. The molecule has 5 atom stereocenters. The molecular weight excluding hydrogens is 326 g/mol. The zero-order valence-electron chi connectivity index (χ0n) is 14.9. The van der Waals surface area contributed by atoms with E-state index in [0.29, 0.717) is 5.75 Å². The van der Waals surface area contributed by atoms with Crippen molar-refractivity contribution in [3.05, 3.63) is 29.8 Å². The highest BCUT2D eigenvalue weighted by Gasteiger charge is 2.52. The number of aryl methyl sites for hydroxylation is 1. The van der Waals surface area contributed by atoms with E-state index in [1.165, 1.54) is 6.92 Å². The van der Waals surface area contributed by atoms with Gasteiger partial charge in [-0.25, -0.2) is 0 Å². The molecule has 0 aliphatic carbocycles. The molecule has 0 radical (unpaired) electrons. The Morgan fingerprint density at radius 3 is 2.76 bits per heavy atom. The molecule has 7 nitrogen and oxygen atoms in total. The van der Waals surface area contributed by atoms with E-state index in [4.69, 9.17) is 18.9 Å². The number of aliphatic hydroxyl groups is 1. The average Bonchev–Trinajstić information content (AvgIpc) is 2.53. The molecular formula is C18H25NO6. The maximum absolute atomic E-state index is 11.6. The number of rotatable bonds is 3. The highest BCUT2D eigenvalue weighted by Crippen LogP contribution is 2.33. The highest BCUT2D eigenvalue weighted by atomic mass is 16.8. The van der Waals surface area contributed by atoms with Crippen LogP contribution < -0.4 is 10.1 Å². The number of amides is 1. The van der Waals surface area contributed by atoms with Crippen molar-refractivity contribution in [2.75, 3.05) is 6.61 Å². The third kappa shape index (κ3) is 3.95. The lowest BCUT2D eigenvalue weighted by Crippen LogP contribution is -2.69. The van der Waals surface area contributed by atoms with Crippen LogP contribution in [0.25, 0.3) is 0 Å². The van der Waals surface area contributed by atoms with E-state index in [2.05, 4.69) is 5.32 Å². The molecule has 0 saturated carbocycles. The zero-order chi connectivity index (χ0) is 18.2. The molecule has 0 bridgehead atoms. The molecule has 1 aromatic rings. The van der Waals surface area contributed by atoms with Gasteiger partial charge < -0.3 is 29.4 Å². The molecule has 2 heterocycles. The standard InChI is InChI=1S/C18H25NO6/c1-10-7-5-6-8-12(10)23-17-14(19-11(2)20)15(21)16-13(24-17)9-22-18(3,4)25-16/h5-8,13-17,21H,9H2,1-4H3,(H,19,20)/t13-,14+,15+,16+,17-/m1/s1. The van der Waals surface area contributed by atoms with Crippen molar-refractivity contribution in [2.45, 2.75) is 64.1 Å². The summed E-state index contributed by atoms with van der Waals surface area (Å²) in [5, 5.41) is 13.5. The Morgan fingerprint density at radius 1 is 1.36 bits per heavy atom. The number of nitrogens with one attached hydrogen (secondary N) is 1.